The number of pyridine rings is 1. The number of nitrogens with one attached hydrogen (secondary N) is 4. The van der Waals surface area contributed by atoms with Gasteiger partial charge in [-0.2, -0.15) is 13.2 Å². The summed E-state index contributed by atoms with van der Waals surface area (Å²) in [4.78, 5) is 78.5. The van der Waals surface area contributed by atoms with E-state index in [1.165, 1.54) is 16.9 Å². The lowest BCUT2D eigenvalue weighted by Gasteiger charge is -2.35. The van der Waals surface area contributed by atoms with E-state index >= 15 is 0 Å². The molecular formula is C55H71F3N8O10S. The number of hydrogen-bond acceptors (Lipinski definition) is 13. The Labute approximate surface area is 450 Å². The van der Waals surface area contributed by atoms with Crippen molar-refractivity contribution in [2.24, 2.45) is 11.3 Å². The van der Waals surface area contributed by atoms with E-state index in [9.17, 15) is 42.3 Å². The molecule has 5 atom stereocenters. The maximum atomic E-state index is 14.1. The molecule has 2 fully saturated rings. The molecule has 4 amide bonds. The van der Waals surface area contributed by atoms with Crippen molar-refractivity contribution in [3.8, 4) is 21.9 Å². The van der Waals surface area contributed by atoms with Crippen molar-refractivity contribution in [2.75, 3.05) is 66.3 Å². The first-order valence-electron chi connectivity index (χ1n) is 25.9. The van der Waals surface area contributed by atoms with Gasteiger partial charge in [0, 0.05) is 42.4 Å². The summed E-state index contributed by atoms with van der Waals surface area (Å²) < 4.78 is 64.3. The fourth-order valence-electron chi connectivity index (χ4n) is 10.0. The van der Waals surface area contributed by atoms with E-state index in [1.54, 1.807) is 75.0 Å². The van der Waals surface area contributed by atoms with Gasteiger partial charge in [0.2, 0.25) is 17.7 Å². The molecule has 2 saturated heterocycles. The van der Waals surface area contributed by atoms with Crippen LogP contribution in [0.15, 0.2) is 65.0 Å². The maximum absolute atomic E-state index is 14.1. The Morgan fingerprint density at radius 2 is 1.65 bits per heavy atom. The Morgan fingerprint density at radius 3 is 2.31 bits per heavy atom. The summed E-state index contributed by atoms with van der Waals surface area (Å²) in [6.45, 7) is 12.5. The number of thiazole rings is 1. The molecule has 5 N–H and O–H groups in total. The number of amides is 4. The minimum absolute atomic E-state index is 0.0254. The third-order valence-electron chi connectivity index (χ3n) is 14.2. The number of methoxy groups -OCH3 is 1. The Bertz CT molecular complexity index is 2910. The molecule has 0 unspecified atom stereocenters. The summed E-state index contributed by atoms with van der Waals surface area (Å²) in [6, 6.07) is 12.3. The number of aromatic nitrogens is 3. The van der Waals surface area contributed by atoms with Crippen LogP contribution in [0.4, 0.5) is 13.2 Å². The average molecular weight is 1090 g/mol. The lowest BCUT2D eigenvalue weighted by Crippen LogP contribution is -2.58. The molecule has 2 aliphatic rings. The number of alkyl halides is 3. The van der Waals surface area contributed by atoms with Crippen LogP contribution in [0, 0.1) is 25.2 Å². The standard InChI is InChI=1S/C55H71F3N8O10S/c1-32-23-46(73-8)42(51(70)61-32)26-59-50(69)43-28-65(35(4)37-15-17-64(18-16-37)30-55(56,57)58)44-25-40(13-14-41(43)44)76-22-21-74-19-20-75-29-47(68)63-49(54(5,6)7)53(72)66-27-39(67)24-45(66)52(71)62-33(2)36-9-11-38(12-10-36)48-34(3)60-31-77-48/h9-14,23,25,28,31,33,35,37,39,45,49,67H,15-22,24,26-27,29-30H2,1-8H3,(H,59,69)(H,61,70)(H,62,71)(H,63,68)/t33-,35-,39+,45-,49+/m0/s1. The summed E-state index contributed by atoms with van der Waals surface area (Å²) in [7, 11) is 1.44. The van der Waals surface area contributed by atoms with E-state index < -0.39 is 60.0 Å². The van der Waals surface area contributed by atoms with Crippen molar-refractivity contribution >= 4 is 45.9 Å². The number of carbonyl (C=O) groups is 4. The Hall–Kier alpha value is -6.33. The molecule has 3 aromatic heterocycles. The lowest BCUT2D eigenvalue weighted by atomic mass is 9.85. The number of β-amino-alcohol motifs (C(OH)–C–C–N with tert-alkyl or cyclic N) is 1. The van der Waals surface area contributed by atoms with Crippen molar-refractivity contribution in [1.29, 1.82) is 0 Å². The predicted molar refractivity (Wildman–Crippen MR) is 285 cm³/mol. The number of aliphatic hydroxyl groups excluding tert-OH is 1. The second kappa shape index (κ2) is 25.4. The van der Waals surface area contributed by atoms with Crippen LogP contribution < -0.4 is 31.0 Å². The molecule has 418 valence electrons. The van der Waals surface area contributed by atoms with Gasteiger partial charge in [-0.05, 0) is 94.3 Å². The van der Waals surface area contributed by atoms with Crippen LogP contribution in [0.2, 0.25) is 0 Å². The third kappa shape index (κ3) is 15.0. The fraction of sp³-hybridized carbons (Fsp3) is 0.527. The summed E-state index contributed by atoms with van der Waals surface area (Å²) in [6.07, 6.45) is -2.35. The molecule has 0 spiro atoms. The van der Waals surface area contributed by atoms with Gasteiger partial charge in [0.1, 0.15) is 36.8 Å². The number of aliphatic hydroxyl groups is 1. The maximum Gasteiger partial charge on any atom is 0.401 e. The van der Waals surface area contributed by atoms with Gasteiger partial charge in [0.15, 0.2) is 0 Å². The van der Waals surface area contributed by atoms with Gasteiger partial charge in [-0.1, -0.05) is 45.0 Å². The molecule has 0 saturated carbocycles. The van der Waals surface area contributed by atoms with Gasteiger partial charge in [-0.3, -0.25) is 28.9 Å². The van der Waals surface area contributed by atoms with Gasteiger partial charge in [0.05, 0.1) is 84.9 Å². The number of piperidine rings is 1. The number of aryl methyl sites for hydroxylation is 2. The molecular weight excluding hydrogens is 1020 g/mol. The molecule has 7 rings (SSSR count). The monoisotopic (exact) mass is 1090 g/mol. The average Bonchev–Trinajstić information content (AvgIpc) is 4.12. The number of likely N-dealkylation sites (tertiary alicyclic amines) is 2. The quantitative estimate of drug-likeness (QED) is 0.0462. The predicted octanol–water partition coefficient (Wildman–Crippen LogP) is 6.63. The van der Waals surface area contributed by atoms with E-state index in [0.29, 0.717) is 59.6 Å². The number of carbonyl (C=O) groups excluding carboxylic acids is 4. The highest BCUT2D eigenvalue weighted by atomic mass is 32.1. The zero-order valence-electron chi connectivity index (χ0n) is 44.9. The molecule has 2 aromatic carbocycles. The smallest absolute Gasteiger partial charge is 0.401 e. The number of nitrogens with zero attached hydrogens (tertiary/aromatic N) is 4. The largest absolute Gasteiger partial charge is 0.496 e. The van der Waals surface area contributed by atoms with Gasteiger partial charge >= 0.3 is 6.18 Å². The number of ether oxygens (including phenoxy) is 4. The Balaban J connectivity index is 0.896. The van der Waals surface area contributed by atoms with Crippen LogP contribution in [0.3, 0.4) is 0 Å². The van der Waals surface area contributed by atoms with Crippen molar-refractivity contribution in [2.45, 2.75) is 111 Å². The number of fused-ring (bicyclic) bond motifs is 1. The zero-order valence-corrected chi connectivity index (χ0v) is 45.7. The fourth-order valence-corrected chi connectivity index (χ4v) is 10.8. The van der Waals surface area contributed by atoms with Gasteiger partial charge in [-0.25, -0.2) is 4.98 Å². The first-order valence-corrected chi connectivity index (χ1v) is 26.7. The second-order valence-corrected chi connectivity index (χ2v) is 21.9. The van der Waals surface area contributed by atoms with E-state index in [2.05, 4.69) is 25.9 Å². The van der Waals surface area contributed by atoms with Crippen LogP contribution in [0.5, 0.6) is 11.5 Å². The van der Waals surface area contributed by atoms with Crippen LogP contribution in [0.1, 0.15) is 98.8 Å². The molecule has 0 radical (unpaired) electrons. The molecule has 18 nitrogen and oxygen atoms in total. The van der Waals surface area contributed by atoms with Crippen LogP contribution in [0.25, 0.3) is 21.3 Å². The molecule has 0 bridgehead atoms. The normalized spacial score (nSPS) is 17.7. The van der Waals surface area contributed by atoms with Crippen molar-refractivity contribution in [3.05, 3.63) is 98.7 Å². The highest BCUT2D eigenvalue weighted by molar-refractivity contribution is 7.13. The SMILES string of the molecule is COc1cc(C)[nH]c(=O)c1CNC(=O)c1cn([C@@H](C)C2CCN(CC(F)(F)F)CC2)c2cc(OCCOCCOCC(=O)N[C@H](C(=O)N3C[C@H](O)C[C@H]3C(=O)N[C@@H](C)c3ccc(-c4scnc4C)cc3)C(C)(C)C)ccc12. The summed E-state index contributed by atoms with van der Waals surface area (Å²) >= 11 is 1.55. The molecule has 5 aromatic rings. The third-order valence-corrected chi connectivity index (χ3v) is 15.2. The number of benzene rings is 2. The number of hydrogen-bond donors (Lipinski definition) is 5. The molecule has 77 heavy (non-hydrogen) atoms. The van der Waals surface area contributed by atoms with Gasteiger partial charge < -0.3 is 54.5 Å². The first-order chi connectivity index (χ1) is 36.5. The van der Waals surface area contributed by atoms with Crippen LogP contribution in [-0.4, -0.2) is 144 Å². The van der Waals surface area contributed by atoms with Gasteiger partial charge in [-0.15, -0.1) is 11.3 Å². The minimum Gasteiger partial charge on any atom is -0.496 e. The topological polar surface area (TPSA) is 219 Å². The minimum atomic E-state index is -4.28. The summed E-state index contributed by atoms with van der Waals surface area (Å²) in [5, 5.41) is 19.9. The van der Waals surface area contributed by atoms with Crippen molar-refractivity contribution < 1.29 is 56.4 Å². The molecule has 22 heteroatoms. The Kier molecular flexibility index (Phi) is 19.3. The number of H-pyrrole nitrogens is 1. The first kappa shape index (κ1) is 58.4. The number of aromatic amines is 1. The zero-order chi connectivity index (χ0) is 55.8. The van der Waals surface area contributed by atoms with E-state index in [0.717, 1.165) is 21.7 Å². The number of halogens is 3. The Morgan fingerprint density at radius 1 is 0.948 bits per heavy atom. The molecule has 0 aliphatic carbocycles. The lowest BCUT2D eigenvalue weighted by molar-refractivity contribution is -0.149. The van der Waals surface area contributed by atoms with Crippen molar-refractivity contribution in [1.82, 2.24) is 40.3 Å². The molecule has 5 heterocycles. The molecule has 2 aliphatic heterocycles. The highest BCUT2D eigenvalue weighted by Crippen LogP contribution is 2.36. The van der Waals surface area contributed by atoms with Crippen molar-refractivity contribution in [3.63, 3.8) is 0 Å². The number of rotatable bonds is 22. The van der Waals surface area contributed by atoms with Crippen LogP contribution >= 0.6 is 11.3 Å². The van der Waals surface area contributed by atoms with E-state index in [-0.39, 0.29) is 81.7 Å². The second-order valence-electron chi connectivity index (χ2n) is 21.0. The summed E-state index contributed by atoms with van der Waals surface area (Å²) in [5.74, 6) is -1.03. The van der Waals surface area contributed by atoms with E-state index in [4.69, 9.17) is 18.9 Å². The van der Waals surface area contributed by atoms with Crippen LogP contribution in [-0.2, 0) is 30.4 Å². The van der Waals surface area contributed by atoms with Gasteiger partial charge in [0.25, 0.3) is 11.5 Å². The summed E-state index contributed by atoms with van der Waals surface area (Å²) in [5.41, 5.74) is 5.37. The highest BCUT2D eigenvalue weighted by Gasteiger charge is 2.45. The van der Waals surface area contributed by atoms with E-state index in [1.807, 2.05) is 49.6 Å².